The van der Waals surface area contributed by atoms with E-state index in [1.807, 2.05) is 6.07 Å². The number of nitrogens with two attached hydrogens (primary N) is 1. The fraction of sp³-hybridized carbons (Fsp3) is 0.259. The Morgan fingerprint density at radius 1 is 1.28 bits per heavy atom. The average Bonchev–Trinajstić information content (AvgIpc) is 3.49. The zero-order valence-electron chi connectivity index (χ0n) is 22.3. The van der Waals surface area contributed by atoms with Gasteiger partial charge in [0.15, 0.2) is 11.6 Å². The minimum atomic E-state index is -4.82. The number of thiazole rings is 1. The van der Waals surface area contributed by atoms with E-state index in [0.717, 1.165) is 41.8 Å². The fourth-order valence-electron chi connectivity index (χ4n) is 4.76. The molecular formula is C27H21F5N8O2S. The van der Waals surface area contributed by atoms with Crippen molar-refractivity contribution in [3.05, 3.63) is 58.2 Å². The summed E-state index contributed by atoms with van der Waals surface area (Å²) >= 11 is 1.15. The van der Waals surface area contributed by atoms with Crippen molar-refractivity contribution in [3.63, 3.8) is 0 Å². The Balaban J connectivity index is 1.54. The van der Waals surface area contributed by atoms with Gasteiger partial charge in [0, 0.05) is 54.7 Å². The van der Waals surface area contributed by atoms with Crippen molar-refractivity contribution in [1.29, 1.82) is 5.26 Å². The number of ether oxygens (including phenoxy) is 1. The molecule has 1 aromatic carbocycles. The third kappa shape index (κ3) is 5.89. The van der Waals surface area contributed by atoms with Gasteiger partial charge in [-0.3, -0.25) is 9.78 Å². The van der Waals surface area contributed by atoms with Gasteiger partial charge in [-0.15, -0.1) is 11.3 Å². The first kappa shape index (κ1) is 29.6. The number of rotatable bonds is 6. The van der Waals surface area contributed by atoms with Crippen molar-refractivity contribution in [3.8, 4) is 23.3 Å². The SMILES string of the molecule is COc1nc(N2CCN(C(=O)/C(F)=C/c3nccs3)C(CC#N)C2)c2cnc(-c3cc(N)ccc3C(F)(F)F)c(F)c2n1. The zero-order chi connectivity index (χ0) is 30.9. The van der Waals surface area contributed by atoms with E-state index in [2.05, 4.69) is 19.9 Å². The van der Waals surface area contributed by atoms with Crippen LogP contribution in [-0.4, -0.2) is 63.5 Å². The van der Waals surface area contributed by atoms with Crippen molar-refractivity contribution in [1.82, 2.24) is 24.8 Å². The predicted octanol–water partition coefficient (Wildman–Crippen LogP) is 4.84. The van der Waals surface area contributed by atoms with Crippen LogP contribution < -0.4 is 15.4 Å². The second-order valence-electron chi connectivity index (χ2n) is 9.34. The minimum absolute atomic E-state index is 0.00406. The minimum Gasteiger partial charge on any atom is -0.467 e. The summed E-state index contributed by atoms with van der Waals surface area (Å²) in [4.78, 5) is 32.1. The first-order valence-corrected chi connectivity index (χ1v) is 13.5. The van der Waals surface area contributed by atoms with E-state index in [9.17, 15) is 27.6 Å². The van der Waals surface area contributed by atoms with Crippen LogP contribution in [0.25, 0.3) is 28.2 Å². The van der Waals surface area contributed by atoms with E-state index in [0.29, 0.717) is 5.01 Å². The molecule has 2 N–H and O–H groups in total. The summed E-state index contributed by atoms with van der Waals surface area (Å²) in [6, 6.07) is 3.70. The number of carbonyl (C=O) groups excluding carboxylic acids is 1. The lowest BCUT2D eigenvalue weighted by molar-refractivity contribution is -0.137. The first-order valence-electron chi connectivity index (χ1n) is 12.6. The Labute approximate surface area is 244 Å². The van der Waals surface area contributed by atoms with Crippen molar-refractivity contribution in [2.45, 2.75) is 18.6 Å². The lowest BCUT2D eigenvalue weighted by Crippen LogP contribution is -2.55. The smallest absolute Gasteiger partial charge is 0.417 e. The average molecular weight is 617 g/mol. The van der Waals surface area contributed by atoms with Crippen LogP contribution in [0.1, 0.15) is 17.0 Å². The predicted molar refractivity (Wildman–Crippen MR) is 148 cm³/mol. The second kappa shape index (κ2) is 11.8. The van der Waals surface area contributed by atoms with Crippen LogP contribution in [0.3, 0.4) is 0 Å². The van der Waals surface area contributed by atoms with Crippen molar-refractivity contribution in [2.24, 2.45) is 0 Å². The highest BCUT2D eigenvalue weighted by molar-refractivity contribution is 7.10. The Bertz CT molecular complexity index is 1760. The summed E-state index contributed by atoms with van der Waals surface area (Å²) < 4.78 is 77.1. The molecule has 4 heterocycles. The first-order chi connectivity index (χ1) is 20.5. The van der Waals surface area contributed by atoms with E-state index < -0.39 is 46.6 Å². The maximum atomic E-state index is 15.9. The normalized spacial score (nSPS) is 15.9. The molecule has 5 rings (SSSR count). The number of aromatic nitrogens is 4. The number of nitriles is 1. The maximum absolute atomic E-state index is 15.9. The van der Waals surface area contributed by atoms with Crippen LogP contribution in [0.2, 0.25) is 0 Å². The van der Waals surface area contributed by atoms with E-state index >= 15 is 4.39 Å². The Morgan fingerprint density at radius 2 is 2.07 bits per heavy atom. The van der Waals surface area contributed by atoms with Gasteiger partial charge >= 0.3 is 12.2 Å². The molecule has 3 aromatic heterocycles. The molecule has 1 unspecified atom stereocenters. The Hall–Kier alpha value is -4.91. The second-order valence-corrected chi connectivity index (χ2v) is 10.3. The fourth-order valence-corrected chi connectivity index (χ4v) is 5.31. The molecule has 1 aliphatic rings. The molecule has 0 radical (unpaired) electrons. The Morgan fingerprint density at radius 3 is 2.74 bits per heavy atom. The van der Waals surface area contributed by atoms with Crippen LogP contribution in [0, 0.1) is 17.1 Å². The lowest BCUT2D eigenvalue weighted by atomic mass is 10.0. The molecule has 0 saturated carbocycles. The number of amides is 1. The molecule has 1 atom stereocenters. The highest BCUT2D eigenvalue weighted by Crippen LogP contribution is 2.40. The number of carbonyl (C=O) groups is 1. The lowest BCUT2D eigenvalue weighted by Gasteiger charge is -2.41. The summed E-state index contributed by atoms with van der Waals surface area (Å²) in [5, 5.41) is 11.4. The van der Waals surface area contributed by atoms with E-state index in [4.69, 9.17) is 10.5 Å². The molecule has 222 valence electrons. The highest BCUT2D eigenvalue weighted by Gasteiger charge is 2.36. The van der Waals surface area contributed by atoms with Crippen LogP contribution in [-0.2, 0) is 11.0 Å². The number of piperazine rings is 1. The van der Waals surface area contributed by atoms with Crippen molar-refractivity contribution >= 4 is 45.7 Å². The number of hydrogen-bond donors (Lipinski definition) is 1. The van der Waals surface area contributed by atoms with Gasteiger partial charge in [-0.1, -0.05) is 0 Å². The van der Waals surface area contributed by atoms with Gasteiger partial charge in [0.05, 0.1) is 36.6 Å². The molecule has 1 saturated heterocycles. The largest absolute Gasteiger partial charge is 0.467 e. The van der Waals surface area contributed by atoms with E-state index in [1.54, 1.807) is 10.3 Å². The van der Waals surface area contributed by atoms with Gasteiger partial charge in [-0.25, -0.2) is 13.8 Å². The van der Waals surface area contributed by atoms with Crippen molar-refractivity contribution < 1.29 is 31.5 Å². The summed E-state index contributed by atoms with van der Waals surface area (Å²) in [5.74, 6) is -3.01. The monoisotopic (exact) mass is 616 g/mol. The number of hydrogen-bond acceptors (Lipinski definition) is 10. The number of methoxy groups -OCH3 is 1. The summed E-state index contributed by atoms with van der Waals surface area (Å²) in [5.41, 5.74) is 2.99. The molecule has 43 heavy (non-hydrogen) atoms. The van der Waals surface area contributed by atoms with Gasteiger partial charge in [0.25, 0.3) is 5.91 Å². The summed E-state index contributed by atoms with van der Waals surface area (Å²) in [6.07, 6.45) is -1.35. The van der Waals surface area contributed by atoms with Gasteiger partial charge in [-0.05, 0) is 18.2 Å². The van der Waals surface area contributed by atoms with Gasteiger partial charge in [-0.2, -0.15) is 28.4 Å². The number of nitrogens with zero attached hydrogens (tertiary/aromatic N) is 7. The van der Waals surface area contributed by atoms with Crippen LogP contribution >= 0.6 is 11.3 Å². The number of alkyl halides is 3. The third-order valence-corrected chi connectivity index (χ3v) is 7.43. The van der Waals surface area contributed by atoms with Gasteiger partial charge < -0.3 is 20.3 Å². The number of halogens is 5. The third-order valence-electron chi connectivity index (χ3n) is 6.71. The molecule has 1 fully saturated rings. The quantitative estimate of drug-likeness (QED) is 0.184. The number of nitrogen functional groups attached to an aromatic ring is 1. The maximum Gasteiger partial charge on any atom is 0.417 e. The molecule has 16 heteroatoms. The number of fused-ring (bicyclic) bond motifs is 1. The highest BCUT2D eigenvalue weighted by atomic mass is 32.1. The molecular weight excluding hydrogens is 595 g/mol. The summed E-state index contributed by atoms with van der Waals surface area (Å²) in [7, 11) is 1.23. The topological polar surface area (TPSA) is 134 Å². The summed E-state index contributed by atoms with van der Waals surface area (Å²) in [6.45, 7) is 0.0601. The zero-order valence-corrected chi connectivity index (χ0v) is 23.1. The van der Waals surface area contributed by atoms with Crippen molar-refractivity contribution in [2.75, 3.05) is 37.4 Å². The van der Waals surface area contributed by atoms with E-state index in [1.165, 1.54) is 18.2 Å². The van der Waals surface area contributed by atoms with E-state index in [-0.39, 0.29) is 54.5 Å². The number of benzene rings is 1. The number of anilines is 2. The van der Waals surface area contributed by atoms with Gasteiger partial charge in [0.2, 0.25) is 0 Å². The molecule has 0 aliphatic carbocycles. The molecule has 0 spiro atoms. The molecule has 1 aliphatic heterocycles. The standard InChI is InChI=1S/C27H21F5N8O2S/c1-42-26-37-23-17(12-36-22(21(23)29)16-10-14(34)2-3-18(16)27(30,31)32)24(38-26)39-7-8-40(15(13-39)4-5-33)25(41)19(28)11-20-35-6-9-43-20/h2-3,6,9-12,15H,4,7-8,13,34H2,1H3/b19-11-. The van der Waals surface area contributed by atoms with Crippen LogP contribution in [0.4, 0.5) is 33.5 Å². The molecule has 0 bridgehead atoms. The molecule has 4 aromatic rings. The molecule has 10 nitrogen and oxygen atoms in total. The van der Waals surface area contributed by atoms with Gasteiger partial charge in [0.1, 0.15) is 22.0 Å². The van der Waals surface area contributed by atoms with Crippen LogP contribution in [0.5, 0.6) is 6.01 Å². The number of pyridine rings is 1. The van der Waals surface area contributed by atoms with Crippen LogP contribution in [0.15, 0.2) is 41.8 Å². The Kier molecular flexibility index (Phi) is 8.09. The molecule has 1 amide bonds.